The van der Waals surface area contributed by atoms with Gasteiger partial charge >= 0.3 is 0 Å². The Balaban J connectivity index is 1.63. The zero-order chi connectivity index (χ0) is 14.9. The molecule has 1 aliphatic heterocycles. The normalized spacial score (nSPS) is 18.3. The molecule has 1 aliphatic rings. The second kappa shape index (κ2) is 5.50. The van der Waals surface area contributed by atoms with Crippen molar-refractivity contribution in [3.63, 3.8) is 0 Å². The topological polar surface area (TPSA) is 49.0 Å². The van der Waals surface area contributed by atoms with Gasteiger partial charge in [0.05, 0.1) is 23.3 Å². The smallest absolute Gasteiger partial charge is 0.234 e. The zero-order valence-corrected chi connectivity index (χ0v) is 12.7. The summed E-state index contributed by atoms with van der Waals surface area (Å²) in [5, 5.41) is 0.0712. The zero-order valence-electron chi connectivity index (χ0n) is 11.9. The number of nitrogens with one attached hydrogen (secondary N) is 1. The number of carbonyl (C=O) groups excluding carboxylic acids is 1. The van der Waals surface area contributed by atoms with Crippen LogP contribution in [0.4, 0.5) is 0 Å². The van der Waals surface area contributed by atoms with Crippen molar-refractivity contribution in [3.8, 4) is 0 Å². The van der Waals surface area contributed by atoms with Gasteiger partial charge in [0.25, 0.3) is 0 Å². The van der Waals surface area contributed by atoms with Gasteiger partial charge in [0.1, 0.15) is 11.2 Å². The predicted octanol–water partition coefficient (Wildman–Crippen LogP) is 3.34. The number of hydrogen-bond donors (Lipinski definition) is 1. The van der Waals surface area contributed by atoms with Crippen LogP contribution in [0.1, 0.15) is 16.8 Å². The van der Waals surface area contributed by atoms with Crippen molar-refractivity contribution in [1.82, 2.24) is 14.9 Å². The molecule has 22 heavy (non-hydrogen) atoms. The van der Waals surface area contributed by atoms with Crippen LogP contribution in [0.25, 0.3) is 11.0 Å². The molecule has 0 saturated carbocycles. The maximum Gasteiger partial charge on any atom is 0.234 e. The molecule has 0 spiro atoms. The van der Waals surface area contributed by atoms with E-state index in [-0.39, 0.29) is 11.3 Å². The molecule has 2 heterocycles. The average molecular weight is 309 g/mol. The number of aromatic nitrogens is 2. The van der Waals surface area contributed by atoms with E-state index < -0.39 is 0 Å². The van der Waals surface area contributed by atoms with E-state index in [1.807, 2.05) is 47.4 Å². The number of imidazole rings is 1. The van der Waals surface area contributed by atoms with Crippen LogP contribution >= 0.6 is 11.8 Å². The molecule has 1 N–H and O–H groups in total. The number of thioether (sulfide) groups is 1. The van der Waals surface area contributed by atoms with Crippen LogP contribution < -0.4 is 0 Å². The number of amides is 1. The molecule has 0 aliphatic carbocycles. The van der Waals surface area contributed by atoms with E-state index >= 15 is 0 Å². The number of H-pyrrole nitrogens is 1. The van der Waals surface area contributed by atoms with Crippen molar-refractivity contribution < 1.29 is 4.79 Å². The van der Waals surface area contributed by atoms with E-state index in [0.717, 1.165) is 22.4 Å². The number of fused-ring (bicyclic) bond motifs is 1. The summed E-state index contributed by atoms with van der Waals surface area (Å²) in [5.74, 6) is 1.53. The van der Waals surface area contributed by atoms with Gasteiger partial charge in [0.2, 0.25) is 5.91 Å². The van der Waals surface area contributed by atoms with Crippen LogP contribution in [0.2, 0.25) is 0 Å². The van der Waals surface area contributed by atoms with E-state index in [4.69, 9.17) is 0 Å². The number of benzene rings is 2. The van der Waals surface area contributed by atoms with Crippen molar-refractivity contribution in [3.05, 3.63) is 66.0 Å². The predicted molar refractivity (Wildman–Crippen MR) is 88.3 cm³/mol. The van der Waals surface area contributed by atoms with E-state index in [1.165, 1.54) is 0 Å². The summed E-state index contributed by atoms with van der Waals surface area (Å²) < 4.78 is 0. The third kappa shape index (κ3) is 2.37. The van der Waals surface area contributed by atoms with Crippen LogP contribution in [-0.2, 0) is 11.3 Å². The fourth-order valence-corrected chi connectivity index (χ4v) is 3.95. The minimum atomic E-state index is 0.0712. The Hall–Kier alpha value is -2.27. The molecule has 1 saturated heterocycles. The van der Waals surface area contributed by atoms with Gasteiger partial charge in [0.15, 0.2) is 0 Å². The SMILES string of the molecule is O=C1CSC(c2ccccc2)N1Cc1nc2ccccc2[nH]1. The number of nitrogens with zero attached hydrogens (tertiary/aromatic N) is 2. The summed E-state index contributed by atoms with van der Waals surface area (Å²) in [4.78, 5) is 22.0. The molecule has 110 valence electrons. The molecular weight excluding hydrogens is 294 g/mol. The van der Waals surface area contributed by atoms with Gasteiger partial charge in [-0.25, -0.2) is 4.98 Å². The van der Waals surface area contributed by atoms with Gasteiger partial charge in [-0.3, -0.25) is 4.79 Å². The maximum absolute atomic E-state index is 12.2. The van der Waals surface area contributed by atoms with Gasteiger partial charge in [-0.15, -0.1) is 11.8 Å². The Morgan fingerprint density at radius 3 is 2.73 bits per heavy atom. The highest BCUT2D eigenvalue weighted by atomic mass is 32.2. The molecule has 1 amide bonds. The van der Waals surface area contributed by atoms with E-state index in [1.54, 1.807) is 11.8 Å². The standard InChI is InChI=1S/C17H15N3OS/c21-16-11-22-17(12-6-2-1-3-7-12)20(16)10-15-18-13-8-4-5-9-14(13)19-15/h1-9,17H,10-11H2,(H,18,19). The molecule has 1 fully saturated rings. The first-order chi connectivity index (χ1) is 10.8. The first kappa shape index (κ1) is 13.4. The Morgan fingerprint density at radius 2 is 1.91 bits per heavy atom. The Labute approximate surface area is 132 Å². The lowest BCUT2D eigenvalue weighted by Gasteiger charge is -2.23. The fourth-order valence-electron chi connectivity index (χ4n) is 2.76. The van der Waals surface area contributed by atoms with Gasteiger partial charge in [0, 0.05) is 0 Å². The molecule has 0 radical (unpaired) electrons. The summed E-state index contributed by atoms with van der Waals surface area (Å²) in [6, 6.07) is 18.1. The molecule has 2 aromatic carbocycles. The number of hydrogen-bond acceptors (Lipinski definition) is 3. The molecule has 5 heteroatoms. The van der Waals surface area contributed by atoms with Gasteiger partial charge in [-0.05, 0) is 17.7 Å². The second-order valence-electron chi connectivity index (χ2n) is 5.30. The Morgan fingerprint density at radius 1 is 1.14 bits per heavy atom. The lowest BCUT2D eigenvalue weighted by molar-refractivity contribution is -0.128. The summed E-state index contributed by atoms with van der Waals surface area (Å²) in [6.45, 7) is 0.514. The lowest BCUT2D eigenvalue weighted by Crippen LogP contribution is -2.28. The molecule has 3 aromatic rings. The minimum absolute atomic E-state index is 0.0712. The number of aromatic amines is 1. The van der Waals surface area contributed by atoms with Crippen molar-refractivity contribution in [2.24, 2.45) is 0 Å². The molecule has 4 nitrogen and oxygen atoms in total. The van der Waals surface area contributed by atoms with Gasteiger partial charge < -0.3 is 9.88 Å². The van der Waals surface area contributed by atoms with Crippen LogP contribution in [0.5, 0.6) is 0 Å². The molecule has 0 bridgehead atoms. The number of carbonyl (C=O) groups is 1. The summed E-state index contributed by atoms with van der Waals surface area (Å²) in [7, 11) is 0. The first-order valence-electron chi connectivity index (χ1n) is 7.21. The lowest BCUT2D eigenvalue weighted by atomic mass is 10.2. The second-order valence-corrected chi connectivity index (χ2v) is 6.36. The third-order valence-electron chi connectivity index (χ3n) is 3.81. The van der Waals surface area contributed by atoms with Gasteiger partial charge in [-0.1, -0.05) is 42.5 Å². The molecule has 1 unspecified atom stereocenters. The van der Waals surface area contributed by atoms with Crippen LogP contribution in [-0.4, -0.2) is 26.5 Å². The van der Waals surface area contributed by atoms with Crippen LogP contribution in [0.15, 0.2) is 54.6 Å². The summed E-state index contributed by atoms with van der Waals surface area (Å²) in [6.07, 6.45) is 0. The monoisotopic (exact) mass is 309 g/mol. The van der Waals surface area contributed by atoms with Crippen molar-refractivity contribution in [2.45, 2.75) is 11.9 Å². The highest BCUT2D eigenvalue weighted by Gasteiger charge is 2.33. The van der Waals surface area contributed by atoms with Crippen molar-refractivity contribution in [1.29, 1.82) is 0 Å². The molecule has 4 rings (SSSR count). The quantitative estimate of drug-likeness (QED) is 0.807. The summed E-state index contributed by atoms with van der Waals surface area (Å²) >= 11 is 1.67. The molecular formula is C17H15N3OS. The largest absolute Gasteiger partial charge is 0.340 e. The fraction of sp³-hybridized carbons (Fsp3) is 0.176. The first-order valence-corrected chi connectivity index (χ1v) is 8.26. The molecule has 1 atom stereocenters. The maximum atomic E-state index is 12.2. The minimum Gasteiger partial charge on any atom is -0.340 e. The van der Waals surface area contributed by atoms with Crippen molar-refractivity contribution >= 4 is 28.7 Å². The van der Waals surface area contributed by atoms with Crippen molar-refractivity contribution in [2.75, 3.05) is 5.75 Å². The van der Waals surface area contributed by atoms with E-state index in [2.05, 4.69) is 22.1 Å². The Bertz CT molecular complexity index is 782. The van der Waals surface area contributed by atoms with Gasteiger partial charge in [-0.2, -0.15) is 0 Å². The highest BCUT2D eigenvalue weighted by Crippen LogP contribution is 2.39. The Kier molecular flexibility index (Phi) is 3.35. The van der Waals surface area contributed by atoms with Crippen LogP contribution in [0, 0.1) is 0 Å². The third-order valence-corrected chi connectivity index (χ3v) is 5.07. The van der Waals surface area contributed by atoms with E-state index in [9.17, 15) is 4.79 Å². The number of para-hydroxylation sites is 2. The number of rotatable bonds is 3. The molecule has 1 aromatic heterocycles. The van der Waals surface area contributed by atoms with Crippen LogP contribution in [0.3, 0.4) is 0 Å². The van der Waals surface area contributed by atoms with E-state index in [0.29, 0.717) is 12.3 Å². The summed E-state index contributed by atoms with van der Waals surface area (Å²) in [5.41, 5.74) is 3.11. The average Bonchev–Trinajstić information content (AvgIpc) is 3.12. The highest BCUT2D eigenvalue weighted by molar-refractivity contribution is 8.00.